The topological polar surface area (TPSA) is 24.9 Å². The highest BCUT2D eigenvalue weighted by atomic mass is 79.9. The minimum Gasteiger partial charge on any atom is -0.310 e. The third-order valence-electron chi connectivity index (χ3n) is 2.95. The molecule has 0 fully saturated rings. The number of likely N-dealkylation sites (N-methyl/N-ethyl adjacent to an activating group) is 1. The van der Waals surface area contributed by atoms with E-state index in [4.69, 9.17) is 0 Å². The summed E-state index contributed by atoms with van der Waals surface area (Å²) < 4.78 is 14.9. The lowest BCUT2D eigenvalue weighted by Gasteiger charge is -2.19. The molecule has 19 heavy (non-hydrogen) atoms. The first-order chi connectivity index (χ1) is 9.20. The molecule has 0 aliphatic heterocycles. The van der Waals surface area contributed by atoms with Gasteiger partial charge in [0, 0.05) is 28.5 Å². The number of hydrogen-bond donors (Lipinski definition) is 1. The van der Waals surface area contributed by atoms with Crippen molar-refractivity contribution in [2.45, 2.75) is 19.4 Å². The zero-order valence-electron chi connectivity index (χ0n) is 10.7. The summed E-state index contributed by atoms with van der Waals surface area (Å²) in [4.78, 5) is 4.10. The maximum atomic E-state index is 14.0. The molecule has 4 heteroatoms. The van der Waals surface area contributed by atoms with Crippen molar-refractivity contribution in [1.82, 2.24) is 10.3 Å². The Morgan fingerprint density at radius 3 is 2.89 bits per heavy atom. The first-order valence-electron chi connectivity index (χ1n) is 6.28. The molecule has 0 saturated carbocycles. The zero-order chi connectivity index (χ0) is 13.7. The Morgan fingerprint density at radius 1 is 1.37 bits per heavy atom. The van der Waals surface area contributed by atoms with Crippen LogP contribution in [0.5, 0.6) is 0 Å². The average molecular weight is 323 g/mol. The van der Waals surface area contributed by atoms with E-state index in [1.807, 2.05) is 31.3 Å². The van der Waals surface area contributed by atoms with Crippen LogP contribution in [-0.2, 0) is 6.42 Å². The number of hydrogen-bond acceptors (Lipinski definition) is 2. The SMILES string of the molecule is CCNC(Cc1cccnc1)c1cc(Br)ccc1F. The molecule has 0 saturated heterocycles. The summed E-state index contributed by atoms with van der Waals surface area (Å²) in [7, 11) is 0. The molecular formula is C15H16BrFN2. The molecule has 0 aliphatic carbocycles. The second-order valence-electron chi connectivity index (χ2n) is 4.34. The maximum Gasteiger partial charge on any atom is 0.128 e. The Morgan fingerprint density at radius 2 is 2.21 bits per heavy atom. The van der Waals surface area contributed by atoms with Crippen molar-refractivity contribution in [2.24, 2.45) is 0 Å². The van der Waals surface area contributed by atoms with Crippen molar-refractivity contribution in [2.75, 3.05) is 6.54 Å². The molecule has 1 N–H and O–H groups in total. The van der Waals surface area contributed by atoms with Gasteiger partial charge in [-0.05, 0) is 42.8 Å². The highest BCUT2D eigenvalue weighted by Gasteiger charge is 2.15. The predicted molar refractivity (Wildman–Crippen MR) is 78.5 cm³/mol. The van der Waals surface area contributed by atoms with Crippen LogP contribution in [0, 0.1) is 5.82 Å². The van der Waals surface area contributed by atoms with Gasteiger partial charge in [-0.25, -0.2) is 4.39 Å². The Kier molecular flexibility index (Phi) is 5.05. The zero-order valence-corrected chi connectivity index (χ0v) is 12.3. The standard InChI is InChI=1S/C15H16BrFN2/c1-2-19-15(8-11-4-3-7-18-10-11)13-9-12(16)5-6-14(13)17/h3-7,9-10,15,19H,2,8H2,1H3. The van der Waals surface area contributed by atoms with E-state index in [-0.39, 0.29) is 11.9 Å². The molecule has 0 aliphatic rings. The van der Waals surface area contributed by atoms with Crippen LogP contribution in [-0.4, -0.2) is 11.5 Å². The van der Waals surface area contributed by atoms with Gasteiger partial charge < -0.3 is 5.32 Å². The van der Waals surface area contributed by atoms with Crippen molar-refractivity contribution in [3.8, 4) is 0 Å². The lowest BCUT2D eigenvalue weighted by Crippen LogP contribution is -2.24. The van der Waals surface area contributed by atoms with Crippen molar-refractivity contribution < 1.29 is 4.39 Å². The fourth-order valence-electron chi connectivity index (χ4n) is 2.07. The molecule has 100 valence electrons. The number of halogens is 2. The monoisotopic (exact) mass is 322 g/mol. The van der Waals surface area contributed by atoms with E-state index < -0.39 is 0 Å². The van der Waals surface area contributed by atoms with Gasteiger partial charge in [0.25, 0.3) is 0 Å². The molecule has 1 heterocycles. The number of pyridine rings is 1. The summed E-state index contributed by atoms with van der Waals surface area (Å²) >= 11 is 3.39. The van der Waals surface area contributed by atoms with E-state index in [2.05, 4.69) is 26.2 Å². The molecule has 1 aromatic carbocycles. The second-order valence-corrected chi connectivity index (χ2v) is 5.26. The lowest BCUT2D eigenvalue weighted by atomic mass is 9.99. The fourth-order valence-corrected chi connectivity index (χ4v) is 2.45. The molecule has 0 spiro atoms. The number of aromatic nitrogens is 1. The lowest BCUT2D eigenvalue weighted by molar-refractivity contribution is 0.509. The van der Waals surface area contributed by atoms with Crippen LogP contribution in [0.15, 0.2) is 47.2 Å². The first-order valence-corrected chi connectivity index (χ1v) is 7.07. The van der Waals surface area contributed by atoms with Crippen LogP contribution in [0.4, 0.5) is 4.39 Å². The van der Waals surface area contributed by atoms with Crippen molar-refractivity contribution in [1.29, 1.82) is 0 Å². The van der Waals surface area contributed by atoms with Crippen LogP contribution < -0.4 is 5.32 Å². The van der Waals surface area contributed by atoms with E-state index in [9.17, 15) is 4.39 Å². The minimum absolute atomic E-state index is 0.0494. The van der Waals surface area contributed by atoms with E-state index in [1.54, 1.807) is 12.3 Å². The first kappa shape index (κ1) is 14.2. The summed E-state index contributed by atoms with van der Waals surface area (Å²) in [5.41, 5.74) is 1.77. The highest BCUT2D eigenvalue weighted by Crippen LogP contribution is 2.24. The number of nitrogens with zero attached hydrogens (tertiary/aromatic N) is 1. The van der Waals surface area contributed by atoms with Gasteiger partial charge >= 0.3 is 0 Å². The average Bonchev–Trinajstić information content (AvgIpc) is 2.42. The molecule has 0 radical (unpaired) electrons. The van der Waals surface area contributed by atoms with Crippen molar-refractivity contribution >= 4 is 15.9 Å². The smallest absolute Gasteiger partial charge is 0.128 e. The molecular weight excluding hydrogens is 307 g/mol. The summed E-state index contributed by atoms with van der Waals surface area (Å²) in [6.45, 7) is 2.81. The Balaban J connectivity index is 2.27. The van der Waals surface area contributed by atoms with Crippen LogP contribution in [0.1, 0.15) is 24.1 Å². The number of nitrogens with one attached hydrogen (secondary N) is 1. The Labute approximate surface area is 121 Å². The summed E-state index contributed by atoms with van der Waals surface area (Å²) in [6, 6.07) is 8.90. The van der Waals surface area contributed by atoms with Crippen molar-refractivity contribution in [3.05, 3.63) is 64.1 Å². The molecule has 1 unspecified atom stereocenters. The highest BCUT2D eigenvalue weighted by molar-refractivity contribution is 9.10. The molecule has 0 amide bonds. The normalized spacial score (nSPS) is 12.4. The van der Waals surface area contributed by atoms with Crippen LogP contribution in [0.2, 0.25) is 0 Å². The predicted octanol–water partition coefficient (Wildman–Crippen LogP) is 3.88. The fraction of sp³-hybridized carbons (Fsp3) is 0.267. The van der Waals surface area contributed by atoms with Crippen molar-refractivity contribution in [3.63, 3.8) is 0 Å². The van der Waals surface area contributed by atoms with E-state index in [0.717, 1.165) is 23.0 Å². The molecule has 2 nitrogen and oxygen atoms in total. The Bertz CT molecular complexity index is 531. The summed E-state index contributed by atoms with van der Waals surface area (Å²) in [6.07, 6.45) is 4.28. The molecule has 2 aromatic rings. The molecule has 2 rings (SSSR count). The van der Waals surface area contributed by atoms with Gasteiger partial charge in [0.2, 0.25) is 0 Å². The number of rotatable bonds is 5. The van der Waals surface area contributed by atoms with Gasteiger partial charge in [-0.1, -0.05) is 28.9 Å². The molecule has 1 aromatic heterocycles. The van der Waals surface area contributed by atoms with Crippen LogP contribution in [0.3, 0.4) is 0 Å². The molecule has 1 atom stereocenters. The van der Waals surface area contributed by atoms with Gasteiger partial charge in [-0.2, -0.15) is 0 Å². The van der Waals surface area contributed by atoms with Gasteiger partial charge in [0.15, 0.2) is 0 Å². The van der Waals surface area contributed by atoms with Gasteiger partial charge in [-0.3, -0.25) is 4.98 Å². The quantitative estimate of drug-likeness (QED) is 0.903. The summed E-state index contributed by atoms with van der Waals surface area (Å²) in [5, 5.41) is 3.33. The van der Waals surface area contributed by atoms with Gasteiger partial charge in [0.05, 0.1) is 0 Å². The van der Waals surface area contributed by atoms with Gasteiger partial charge in [0.1, 0.15) is 5.82 Å². The van der Waals surface area contributed by atoms with Gasteiger partial charge in [-0.15, -0.1) is 0 Å². The minimum atomic E-state index is -0.182. The van der Waals surface area contributed by atoms with E-state index >= 15 is 0 Å². The van der Waals surface area contributed by atoms with Crippen LogP contribution >= 0.6 is 15.9 Å². The summed E-state index contributed by atoms with van der Waals surface area (Å²) in [5.74, 6) is -0.182. The Hall–Kier alpha value is -1.26. The largest absolute Gasteiger partial charge is 0.310 e. The molecule has 0 bridgehead atoms. The third kappa shape index (κ3) is 3.85. The maximum absolute atomic E-state index is 14.0. The van der Waals surface area contributed by atoms with E-state index in [1.165, 1.54) is 6.07 Å². The third-order valence-corrected chi connectivity index (χ3v) is 3.44. The number of benzene rings is 1. The van der Waals surface area contributed by atoms with E-state index in [0.29, 0.717) is 5.56 Å². The second kappa shape index (κ2) is 6.78. The van der Waals surface area contributed by atoms with Crippen LogP contribution in [0.25, 0.3) is 0 Å².